The highest BCUT2D eigenvalue weighted by molar-refractivity contribution is 7.92. The zero-order chi connectivity index (χ0) is 35.1. The van der Waals surface area contributed by atoms with E-state index in [9.17, 15) is 31.2 Å². The highest BCUT2D eigenvalue weighted by Crippen LogP contribution is 2.37. The predicted molar refractivity (Wildman–Crippen MR) is 181 cm³/mol. The molecule has 48 heavy (non-hydrogen) atoms. The summed E-state index contributed by atoms with van der Waals surface area (Å²) in [4.78, 5) is 29.4. The number of benzene rings is 4. The van der Waals surface area contributed by atoms with Gasteiger partial charge in [0.1, 0.15) is 12.6 Å². The molecule has 0 aromatic heterocycles. The van der Waals surface area contributed by atoms with Gasteiger partial charge in [-0.05, 0) is 66.9 Å². The zero-order valence-corrected chi connectivity index (χ0v) is 28.5. The number of sulfonamides is 1. The first-order valence-corrected chi connectivity index (χ1v) is 17.2. The minimum atomic E-state index is -4.83. The number of rotatable bonds is 13. The van der Waals surface area contributed by atoms with Crippen LogP contribution in [0.3, 0.4) is 0 Å². The standard InChI is InChI=1S/C35H34Cl2F3N3O4S/c1-3-24(2)41-34(45)32(20-25-11-6-4-7-12-25)42(22-26-13-10-14-28(36)19-26)33(44)23-43(48(46,47)29-15-8-5-9-16-29)31-21-27(35(38,39)40)17-18-30(31)37/h4-19,21,24,32H,3,20,22-23H2,1-2H3,(H,41,45)/t24-,32+/m1/s1. The van der Waals surface area contributed by atoms with Crippen LogP contribution >= 0.6 is 23.2 Å². The van der Waals surface area contributed by atoms with Crippen molar-refractivity contribution in [2.45, 2.75) is 56.4 Å². The molecule has 0 saturated carbocycles. The number of anilines is 1. The molecule has 0 unspecified atom stereocenters. The van der Waals surface area contributed by atoms with E-state index in [1.165, 1.54) is 29.2 Å². The third-order valence-electron chi connectivity index (χ3n) is 7.67. The van der Waals surface area contributed by atoms with E-state index in [4.69, 9.17) is 23.2 Å². The maximum absolute atomic E-state index is 14.5. The monoisotopic (exact) mass is 719 g/mol. The van der Waals surface area contributed by atoms with Crippen LogP contribution in [0.25, 0.3) is 0 Å². The Morgan fingerprint density at radius 1 is 0.854 bits per heavy atom. The van der Waals surface area contributed by atoms with Crippen molar-refractivity contribution >= 4 is 50.7 Å². The van der Waals surface area contributed by atoms with Crippen LogP contribution in [0.2, 0.25) is 10.0 Å². The van der Waals surface area contributed by atoms with E-state index in [1.807, 2.05) is 13.8 Å². The van der Waals surface area contributed by atoms with Crippen molar-refractivity contribution in [2.75, 3.05) is 10.8 Å². The number of nitrogens with zero attached hydrogens (tertiary/aromatic N) is 2. The zero-order valence-electron chi connectivity index (χ0n) is 26.1. The van der Waals surface area contributed by atoms with E-state index in [-0.39, 0.29) is 28.9 Å². The van der Waals surface area contributed by atoms with Gasteiger partial charge in [-0.1, -0.05) is 90.8 Å². The Labute approximate surface area is 288 Å². The Morgan fingerprint density at radius 2 is 1.48 bits per heavy atom. The van der Waals surface area contributed by atoms with Gasteiger partial charge < -0.3 is 10.2 Å². The van der Waals surface area contributed by atoms with Crippen LogP contribution in [0, 0.1) is 0 Å². The molecule has 0 bridgehead atoms. The van der Waals surface area contributed by atoms with Crippen molar-refractivity contribution in [3.05, 3.63) is 130 Å². The topological polar surface area (TPSA) is 86.8 Å². The largest absolute Gasteiger partial charge is 0.416 e. The summed E-state index contributed by atoms with van der Waals surface area (Å²) in [5, 5.41) is 2.96. The lowest BCUT2D eigenvalue weighted by Crippen LogP contribution is -2.54. The average Bonchev–Trinajstić information content (AvgIpc) is 3.05. The number of halogens is 5. The molecule has 2 atom stereocenters. The Hall–Kier alpha value is -4.06. The highest BCUT2D eigenvalue weighted by atomic mass is 35.5. The molecule has 1 N–H and O–H groups in total. The maximum atomic E-state index is 14.5. The van der Waals surface area contributed by atoms with Crippen LogP contribution in [0.5, 0.6) is 0 Å². The van der Waals surface area contributed by atoms with E-state index in [0.29, 0.717) is 27.4 Å². The molecule has 254 valence electrons. The molecule has 13 heteroatoms. The first-order valence-electron chi connectivity index (χ1n) is 15.0. The first-order chi connectivity index (χ1) is 22.7. The molecule has 0 aliphatic carbocycles. The summed E-state index contributed by atoms with van der Waals surface area (Å²) >= 11 is 12.6. The molecule has 7 nitrogen and oxygen atoms in total. The summed E-state index contributed by atoms with van der Waals surface area (Å²) in [6.07, 6.45) is -4.17. The second kappa shape index (κ2) is 15.9. The minimum Gasteiger partial charge on any atom is -0.352 e. The fourth-order valence-electron chi connectivity index (χ4n) is 4.94. The fraction of sp³-hybridized carbons (Fsp3) is 0.257. The van der Waals surface area contributed by atoms with Crippen LogP contribution in [-0.4, -0.2) is 43.8 Å². The summed E-state index contributed by atoms with van der Waals surface area (Å²) < 4.78 is 70.3. The van der Waals surface area contributed by atoms with E-state index in [1.54, 1.807) is 60.7 Å². The average molecular weight is 721 g/mol. The van der Waals surface area contributed by atoms with Gasteiger partial charge >= 0.3 is 6.18 Å². The third kappa shape index (κ3) is 9.30. The molecule has 0 radical (unpaired) electrons. The second-order valence-corrected chi connectivity index (χ2v) is 13.9. The number of nitrogens with one attached hydrogen (secondary N) is 1. The number of carbonyl (C=O) groups is 2. The van der Waals surface area contributed by atoms with Crippen molar-refractivity contribution in [1.82, 2.24) is 10.2 Å². The Kier molecular flexibility index (Phi) is 12.2. The predicted octanol–water partition coefficient (Wildman–Crippen LogP) is 7.76. The molecule has 0 aliphatic heterocycles. The van der Waals surface area contributed by atoms with Crippen LogP contribution in [0.15, 0.2) is 108 Å². The second-order valence-electron chi connectivity index (χ2n) is 11.2. The Morgan fingerprint density at radius 3 is 2.08 bits per heavy atom. The van der Waals surface area contributed by atoms with E-state index in [0.717, 1.165) is 17.7 Å². The van der Waals surface area contributed by atoms with Gasteiger partial charge in [-0.15, -0.1) is 0 Å². The van der Waals surface area contributed by atoms with Crippen LogP contribution in [0.4, 0.5) is 18.9 Å². The van der Waals surface area contributed by atoms with Crippen molar-refractivity contribution in [1.29, 1.82) is 0 Å². The maximum Gasteiger partial charge on any atom is 0.416 e. The third-order valence-corrected chi connectivity index (χ3v) is 9.99. The molecule has 4 aromatic rings. The molecule has 4 aromatic carbocycles. The minimum absolute atomic E-state index is 0.0607. The first kappa shape index (κ1) is 36.8. The number of alkyl halides is 3. The summed E-state index contributed by atoms with van der Waals surface area (Å²) in [6.45, 7) is 2.56. The molecule has 0 heterocycles. The molecule has 0 saturated heterocycles. The molecule has 0 fully saturated rings. The quantitative estimate of drug-likeness (QED) is 0.153. The molecule has 0 spiro atoms. The Bertz CT molecular complexity index is 1830. The van der Waals surface area contributed by atoms with Crippen molar-refractivity contribution in [2.24, 2.45) is 0 Å². The SMILES string of the molecule is CC[C@@H](C)NC(=O)[C@H](Cc1ccccc1)N(Cc1cccc(Cl)c1)C(=O)CN(c1cc(C(F)(F)F)ccc1Cl)S(=O)(=O)c1ccccc1. The van der Waals surface area contributed by atoms with Gasteiger partial charge in [-0.2, -0.15) is 13.2 Å². The summed E-state index contributed by atoms with van der Waals surface area (Å²) in [5.41, 5.74) is -0.441. The number of hydrogen-bond donors (Lipinski definition) is 1. The lowest BCUT2D eigenvalue weighted by atomic mass is 10.0. The van der Waals surface area contributed by atoms with Gasteiger partial charge in [0.15, 0.2) is 0 Å². The van der Waals surface area contributed by atoms with Gasteiger partial charge in [0.2, 0.25) is 11.8 Å². The fourth-order valence-corrected chi connectivity index (χ4v) is 6.87. The van der Waals surface area contributed by atoms with Crippen LogP contribution in [0.1, 0.15) is 37.0 Å². The van der Waals surface area contributed by atoms with Crippen molar-refractivity contribution < 1.29 is 31.2 Å². The number of amides is 2. The van der Waals surface area contributed by atoms with Gasteiger partial charge in [0.05, 0.1) is 21.2 Å². The van der Waals surface area contributed by atoms with Crippen LogP contribution < -0.4 is 9.62 Å². The highest BCUT2D eigenvalue weighted by Gasteiger charge is 2.37. The summed E-state index contributed by atoms with van der Waals surface area (Å²) in [5.74, 6) is -1.35. The molecule has 4 rings (SSSR count). The summed E-state index contributed by atoms with van der Waals surface area (Å²) in [7, 11) is -4.66. The molecule has 2 amide bonds. The molecular weight excluding hydrogens is 686 g/mol. The van der Waals surface area contributed by atoms with Gasteiger partial charge in [0.25, 0.3) is 10.0 Å². The van der Waals surface area contributed by atoms with E-state index in [2.05, 4.69) is 5.32 Å². The molecular formula is C35H34Cl2F3N3O4S. The molecule has 0 aliphatic rings. The number of carbonyl (C=O) groups excluding carboxylic acids is 2. The smallest absolute Gasteiger partial charge is 0.352 e. The van der Waals surface area contributed by atoms with Crippen LogP contribution in [-0.2, 0) is 38.8 Å². The Balaban J connectivity index is 1.87. The van der Waals surface area contributed by atoms with E-state index >= 15 is 0 Å². The summed E-state index contributed by atoms with van der Waals surface area (Å²) in [6, 6.07) is 23.4. The lowest BCUT2D eigenvalue weighted by Gasteiger charge is -2.34. The van der Waals surface area contributed by atoms with Gasteiger partial charge in [-0.3, -0.25) is 13.9 Å². The van der Waals surface area contributed by atoms with Crippen molar-refractivity contribution in [3.63, 3.8) is 0 Å². The normalized spacial score (nSPS) is 13.0. The van der Waals surface area contributed by atoms with E-state index < -0.39 is 51.9 Å². The van der Waals surface area contributed by atoms with Gasteiger partial charge in [-0.25, -0.2) is 8.42 Å². The van der Waals surface area contributed by atoms with Gasteiger partial charge in [0, 0.05) is 24.0 Å². The lowest BCUT2D eigenvalue weighted by molar-refractivity contribution is -0.140. The van der Waals surface area contributed by atoms with Crippen molar-refractivity contribution in [3.8, 4) is 0 Å². The number of hydrogen-bond acceptors (Lipinski definition) is 4.